The van der Waals surface area contributed by atoms with Crippen LogP contribution in [0.2, 0.25) is 0 Å². The zero-order valence-corrected chi connectivity index (χ0v) is 8.59. The Morgan fingerprint density at radius 2 is 2.12 bits per heavy atom. The van der Waals surface area contributed by atoms with E-state index in [4.69, 9.17) is 0 Å². The second-order valence-corrected chi connectivity index (χ2v) is 3.74. The van der Waals surface area contributed by atoms with Gasteiger partial charge in [0.2, 0.25) is 5.91 Å². The Morgan fingerprint density at radius 3 is 2.81 bits per heavy atom. The maximum atomic E-state index is 13.3. The van der Waals surface area contributed by atoms with Crippen molar-refractivity contribution in [3.05, 3.63) is 35.4 Å². The van der Waals surface area contributed by atoms with Crippen LogP contribution < -0.4 is 10.6 Å². The fourth-order valence-corrected chi connectivity index (χ4v) is 1.72. The summed E-state index contributed by atoms with van der Waals surface area (Å²) in [6.07, 6.45) is 0.234. The minimum Gasteiger partial charge on any atom is -0.353 e. The molecule has 1 heterocycles. The predicted octanol–water partition coefficient (Wildman–Crippen LogP) is 0.595. The molecular formula is C11H12F2N2O. The second-order valence-electron chi connectivity index (χ2n) is 3.74. The van der Waals surface area contributed by atoms with Crippen molar-refractivity contribution in [1.82, 2.24) is 10.6 Å². The summed E-state index contributed by atoms with van der Waals surface area (Å²) < 4.78 is 26.0. The van der Waals surface area contributed by atoms with Gasteiger partial charge in [0.05, 0.1) is 6.04 Å². The molecule has 0 saturated carbocycles. The maximum Gasteiger partial charge on any atom is 0.237 e. The zero-order valence-electron chi connectivity index (χ0n) is 8.59. The van der Waals surface area contributed by atoms with Crippen LogP contribution >= 0.6 is 0 Å². The summed E-state index contributed by atoms with van der Waals surface area (Å²) >= 11 is 0. The van der Waals surface area contributed by atoms with E-state index in [9.17, 15) is 13.6 Å². The molecule has 0 aliphatic carbocycles. The van der Waals surface area contributed by atoms with Crippen molar-refractivity contribution in [2.45, 2.75) is 12.5 Å². The number of carbonyl (C=O) groups excluding carboxylic acids is 1. The molecule has 1 amide bonds. The third-order valence-electron chi connectivity index (χ3n) is 2.57. The van der Waals surface area contributed by atoms with Gasteiger partial charge in [-0.2, -0.15) is 0 Å². The van der Waals surface area contributed by atoms with Gasteiger partial charge in [0, 0.05) is 19.2 Å². The van der Waals surface area contributed by atoms with E-state index in [1.54, 1.807) is 0 Å². The summed E-state index contributed by atoms with van der Waals surface area (Å²) in [5, 5.41) is 5.67. The first kappa shape index (κ1) is 11.0. The van der Waals surface area contributed by atoms with Gasteiger partial charge in [0.25, 0.3) is 0 Å². The third-order valence-corrected chi connectivity index (χ3v) is 2.57. The molecule has 0 bridgehead atoms. The number of piperazine rings is 1. The highest BCUT2D eigenvalue weighted by molar-refractivity contribution is 5.82. The van der Waals surface area contributed by atoms with Crippen molar-refractivity contribution in [2.24, 2.45) is 0 Å². The molecule has 1 aromatic carbocycles. The SMILES string of the molecule is O=C1NCCN[C@H]1Cc1ccc(F)cc1F. The Morgan fingerprint density at radius 1 is 1.31 bits per heavy atom. The molecule has 1 aliphatic heterocycles. The Kier molecular flexibility index (Phi) is 3.14. The highest BCUT2D eigenvalue weighted by atomic mass is 19.1. The van der Waals surface area contributed by atoms with Crippen LogP contribution in [-0.2, 0) is 11.2 Å². The van der Waals surface area contributed by atoms with Crippen molar-refractivity contribution in [2.75, 3.05) is 13.1 Å². The summed E-state index contributed by atoms with van der Waals surface area (Å²) in [7, 11) is 0. The number of carbonyl (C=O) groups is 1. The van der Waals surface area contributed by atoms with E-state index in [2.05, 4.69) is 10.6 Å². The van der Waals surface area contributed by atoms with Crippen LogP contribution in [0.15, 0.2) is 18.2 Å². The van der Waals surface area contributed by atoms with Crippen LogP contribution in [0, 0.1) is 11.6 Å². The standard InChI is InChI=1S/C11H12F2N2O/c12-8-2-1-7(9(13)6-8)5-10-11(16)15-4-3-14-10/h1-2,6,10,14H,3-5H2,(H,15,16)/t10-/m0/s1. The van der Waals surface area contributed by atoms with Crippen molar-refractivity contribution < 1.29 is 13.6 Å². The Balaban J connectivity index is 2.10. The first-order valence-electron chi connectivity index (χ1n) is 5.12. The normalized spacial score (nSPS) is 20.6. The van der Waals surface area contributed by atoms with Crippen molar-refractivity contribution in [3.8, 4) is 0 Å². The molecule has 1 fully saturated rings. The summed E-state index contributed by atoms with van der Waals surface area (Å²) in [5.41, 5.74) is 0.343. The minimum atomic E-state index is -0.611. The first-order valence-corrected chi connectivity index (χ1v) is 5.12. The quantitative estimate of drug-likeness (QED) is 0.775. The summed E-state index contributed by atoms with van der Waals surface area (Å²) in [4.78, 5) is 11.4. The lowest BCUT2D eigenvalue weighted by molar-refractivity contribution is -0.124. The summed E-state index contributed by atoms with van der Waals surface area (Å²) in [6.45, 7) is 1.25. The van der Waals surface area contributed by atoms with Gasteiger partial charge < -0.3 is 10.6 Å². The molecule has 0 radical (unpaired) electrons. The number of amides is 1. The molecule has 1 aliphatic rings. The highest BCUT2D eigenvalue weighted by Gasteiger charge is 2.22. The Labute approximate surface area is 91.8 Å². The van der Waals surface area contributed by atoms with Crippen molar-refractivity contribution in [3.63, 3.8) is 0 Å². The largest absolute Gasteiger partial charge is 0.353 e. The summed E-state index contributed by atoms with van der Waals surface area (Å²) in [6, 6.07) is 2.96. The van der Waals surface area contributed by atoms with Gasteiger partial charge in [-0.1, -0.05) is 6.07 Å². The molecule has 1 aromatic rings. The second kappa shape index (κ2) is 4.57. The molecule has 1 saturated heterocycles. The zero-order chi connectivity index (χ0) is 11.5. The Hall–Kier alpha value is -1.49. The predicted molar refractivity (Wildman–Crippen MR) is 54.9 cm³/mol. The molecule has 86 valence electrons. The maximum absolute atomic E-state index is 13.3. The van der Waals surface area contributed by atoms with Crippen LogP contribution in [0.25, 0.3) is 0 Å². The molecule has 1 atom stereocenters. The average molecular weight is 226 g/mol. The molecule has 2 rings (SSSR count). The fraction of sp³-hybridized carbons (Fsp3) is 0.364. The van der Waals surface area contributed by atoms with Crippen LogP contribution in [0.1, 0.15) is 5.56 Å². The average Bonchev–Trinajstić information content (AvgIpc) is 2.25. The number of nitrogens with one attached hydrogen (secondary N) is 2. The number of hydrogen-bond acceptors (Lipinski definition) is 2. The van der Waals surface area contributed by atoms with E-state index in [0.717, 1.165) is 6.07 Å². The molecule has 16 heavy (non-hydrogen) atoms. The Bertz CT molecular complexity index is 409. The smallest absolute Gasteiger partial charge is 0.237 e. The lowest BCUT2D eigenvalue weighted by atomic mass is 10.0. The minimum absolute atomic E-state index is 0.144. The molecule has 0 unspecified atom stereocenters. The third kappa shape index (κ3) is 2.36. The van der Waals surface area contributed by atoms with Gasteiger partial charge in [-0.15, -0.1) is 0 Å². The monoisotopic (exact) mass is 226 g/mol. The van der Waals surface area contributed by atoms with Gasteiger partial charge in [0.15, 0.2) is 0 Å². The van der Waals surface area contributed by atoms with E-state index in [0.29, 0.717) is 18.7 Å². The number of halogens is 2. The molecule has 0 aromatic heterocycles. The van der Waals surface area contributed by atoms with Crippen LogP contribution in [0.3, 0.4) is 0 Å². The topological polar surface area (TPSA) is 41.1 Å². The summed E-state index contributed by atoms with van der Waals surface area (Å²) in [5.74, 6) is -1.36. The van der Waals surface area contributed by atoms with Gasteiger partial charge in [-0.25, -0.2) is 8.78 Å². The number of benzene rings is 1. The van der Waals surface area contributed by atoms with Crippen molar-refractivity contribution >= 4 is 5.91 Å². The van der Waals surface area contributed by atoms with Crippen molar-refractivity contribution in [1.29, 1.82) is 0 Å². The van der Waals surface area contributed by atoms with Gasteiger partial charge in [0.1, 0.15) is 11.6 Å². The van der Waals surface area contributed by atoms with E-state index >= 15 is 0 Å². The first-order chi connectivity index (χ1) is 7.66. The van der Waals surface area contributed by atoms with E-state index in [1.165, 1.54) is 12.1 Å². The fourth-order valence-electron chi connectivity index (χ4n) is 1.72. The van der Waals surface area contributed by atoms with Gasteiger partial charge in [-0.3, -0.25) is 4.79 Å². The number of hydrogen-bond donors (Lipinski definition) is 2. The van der Waals surface area contributed by atoms with Crippen LogP contribution in [0.5, 0.6) is 0 Å². The lowest BCUT2D eigenvalue weighted by Gasteiger charge is -2.23. The van der Waals surface area contributed by atoms with Gasteiger partial charge >= 0.3 is 0 Å². The molecule has 2 N–H and O–H groups in total. The molecule has 5 heteroatoms. The molecular weight excluding hydrogens is 214 g/mol. The number of rotatable bonds is 2. The molecule has 0 spiro atoms. The van der Waals surface area contributed by atoms with E-state index < -0.39 is 17.7 Å². The van der Waals surface area contributed by atoms with Crippen LogP contribution in [-0.4, -0.2) is 25.0 Å². The van der Waals surface area contributed by atoms with E-state index in [-0.39, 0.29) is 12.3 Å². The molecule has 3 nitrogen and oxygen atoms in total. The lowest BCUT2D eigenvalue weighted by Crippen LogP contribution is -2.53. The van der Waals surface area contributed by atoms with Crippen LogP contribution in [0.4, 0.5) is 8.78 Å². The highest BCUT2D eigenvalue weighted by Crippen LogP contribution is 2.12. The van der Waals surface area contributed by atoms with Gasteiger partial charge in [-0.05, 0) is 18.1 Å². The van der Waals surface area contributed by atoms with E-state index in [1.807, 2.05) is 0 Å².